The zero-order valence-corrected chi connectivity index (χ0v) is 11.5. The van der Waals surface area contributed by atoms with Crippen LogP contribution in [0.4, 0.5) is 0 Å². The summed E-state index contributed by atoms with van der Waals surface area (Å²) in [5.41, 5.74) is 2.68. The summed E-state index contributed by atoms with van der Waals surface area (Å²) in [6.07, 6.45) is 1.00. The van der Waals surface area contributed by atoms with Crippen LogP contribution in [-0.4, -0.2) is 16.8 Å². The molecule has 0 amide bonds. The molecule has 16 heavy (non-hydrogen) atoms. The molecule has 1 heterocycles. The first-order chi connectivity index (χ1) is 7.43. The van der Waals surface area contributed by atoms with Crippen LogP contribution in [-0.2, 0) is 13.0 Å². The number of hydrogen-bond donors (Lipinski definition) is 1. The van der Waals surface area contributed by atoms with Gasteiger partial charge in [0.15, 0.2) is 0 Å². The van der Waals surface area contributed by atoms with Crippen LogP contribution in [0.2, 0.25) is 0 Å². The summed E-state index contributed by atoms with van der Waals surface area (Å²) in [4.78, 5) is 0. The lowest BCUT2D eigenvalue weighted by Gasteiger charge is -2.30. The Morgan fingerprint density at radius 2 is 2.00 bits per heavy atom. The van der Waals surface area contributed by atoms with Gasteiger partial charge in [0.25, 0.3) is 0 Å². The topological polar surface area (TPSA) is 29.9 Å². The molecule has 0 saturated carbocycles. The number of rotatable bonds is 4. The monoisotopic (exact) mass is 223 g/mol. The standard InChI is InChI=1S/C13H25N3/c1-7-10-9-11(16(8-2)15-10)12(14-6)13(3,4)5/h9,12,14H,7-8H2,1-6H3. The van der Waals surface area contributed by atoms with E-state index in [4.69, 9.17) is 0 Å². The lowest BCUT2D eigenvalue weighted by molar-refractivity contribution is 0.272. The minimum atomic E-state index is 0.201. The van der Waals surface area contributed by atoms with Crippen LogP contribution >= 0.6 is 0 Å². The predicted molar refractivity (Wildman–Crippen MR) is 68.5 cm³/mol. The maximum absolute atomic E-state index is 4.61. The summed E-state index contributed by atoms with van der Waals surface area (Å²) in [7, 11) is 2.02. The van der Waals surface area contributed by atoms with Crippen LogP contribution in [0.5, 0.6) is 0 Å². The number of aromatic nitrogens is 2. The molecule has 0 bridgehead atoms. The van der Waals surface area contributed by atoms with E-state index in [-0.39, 0.29) is 5.41 Å². The third-order valence-corrected chi connectivity index (χ3v) is 2.97. The Morgan fingerprint density at radius 1 is 1.38 bits per heavy atom. The Labute approximate surface area is 99.2 Å². The van der Waals surface area contributed by atoms with Crippen LogP contribution < -0.4 is 5.32 Å². The van der Waals surface area contributed by atoms with Gasteiger partial charge in [0.1, 0.15) is 0 Å². The van der Waals surface area contributed by atoms with Crippen molar-refractivity contribution in [2.24, 2.45) is 5.41 Å². The van der Waals surface area contributed by atoms with Crippen molar-refractivity contribution in [2.75, 3.05) is 7.05 Å². The molecule has 1 unspecified atom stereocenters. The lowest BCUT2D eigenvalue weighted by Crippen LogP contribution is -2.31. The van der Waals surface area contributed by atoms with E-state index in [2.05, 4.69) is 55.8 Å². The molecule has 1 rings (SSSR count). The van der Waals surface area contributed by atoms with Crippen molar-refractivity contribution in [2.45, 2.75) is 53.6 Å². The highest BCUT2D eigenvalue weighted by Gasteiger charge is 2.27. The van der Waals surface area contributed by atoms with Crippen LogP contribution in [0.1, 0.15) is 52.0 Å². The van der Waals surface area contributed by atoms with Crippen molar-refractivity contribution in [1.29, 1.82) is 0 Å². The molecule has 0 aliphatic rings. The Morgan fingerprint density at radius 3 is 2.38 bits per heavy atom. The Balaban J connectivity index is 3.13. The molecule has 1 aromatic rings. The largest absolute Gasteiger partial charge is 0.311 e. The highest BCUT2D eigenvalue weighted by molar-refractivity contribution is 5.16. The van der Waals surface area contributed by atoms with E-state index in [1.807, 2.05) is 7.05 Å². The third-order valence-electron chi connectivity index (χ3n) is 2.97. The van der Waals surface area contributed by atoms with Crippen molar-refractivity contribution in [3.63, 3.8) is 0 Å². The molecule has 0 spiro atoms. The SMILES string of the molecule is CCc1cc(C(NC)C(C)(C)C)n(CC)n1. The van der Waals surface area contributed by atoms with Gasteiger partial charge in [-0.05, 0) is 31.9 Å². The maximum atomic E-state index is 4.61. The number of aryl methyl sites for hydroxylation is 2. The van der Waals surface area contributed by atoms with Crippen LogP contribution in [0.25, 0.3) is 0 Å². The molecule has 0 aromatic carbocycles. The van der Waals surface area contributed by atoms with Gasteiger partial charge in [0, 0.05) is 6.54 Å². The second-order valence-corrected chi connectivity index (χ2v) is 5.32. The number of hydrogen-bond acceptors (Lipinski definition) is 2. The molecular weight excluding hydrogens is 198 g/mol. The normalized spacial score (nSPS) is 14.1. The summed E-state index contributed by atoms with van der Waals surface area (Å²) in [5, 5.41) is 8.02. The molecule has 3 nitrogen and oxygen atoms in total. The van der Waals surface area contributed by atoms with Gasteiger partial charge in [0.05, 0.1) is 17.4 Å². The molecule has 0 radical (unpaired) electrons. The zero-order chi connectivity index (χ0) is 12.3. The van der Waals surface area contributed by atoms with Gasteiger partial charge in [-0.15, -0.1) is 0 Å². The van der Waals surface area contributed by atoms with E-state index < -0.39 is 0 Å². The lowest BCUT2D eigenvalue weighted by atomic mass is 9.84. The average Bonchev–Trinajstić information content (AvgIpc) is 2.60. The van der Waals surface area contributed by atoms with E-state index in [1.54, 1.807) is 0 Å². The number of nitrogens with one attached hydrogen (secondary N) is 1. The van der Waals surface area contributed by atoms with Gasteiger partial charge in [-0.1, -0.05) is 27.7 Å². The Kier molecular flexibility index (Phi) is 4.14. The van der Waals surface area contributed by atoms with Gasteiger partial charge < -0.3 is 5.32 Å². The summed E-state index contributed by atoms with van der Waals surface area (Å²) in [5.74, 6) is 0. The summed E-state index contributed by atoms with van der Waals surface area (Å²) < 4.78 is 2.12. The summed E-state index contributed by atoms with van der Waals surface area (Å²) in [6, 6.07) is 2.58. The van der Waals surface area contributed by atoms with E-state index in [9.17, 15) is 0 Å². The summed E-state index contributed by atoms with van der Waals surface area (Å²) >= 11 is 0. The average molecular weight is 223 g/mol. The first-order valence-electron chi connectivity index (χ1n) is 6.17. The van der Waals surface area contributed by atoms with Gasteiger partial charge in [0.2, 0.25) is 0 Å². The van der Waals surface area contributed by atoms with E-state index in [0.717, 1.165) is 13.0 Å². The fourth-order valence-corrected chi connectivity index (χ4v) is 2.17. The van der Waals surface area contributed by atoms with Crippen molar-refractivity contribution in [1.82, 2.24) is 15.1 Å². The van der Waals surface area contributed by atoms with Crippen molar-refractivity contribution < 1.29 is 0 Å². The van der Waals surface area contributed by atoms with Gasteiger partial charge in [-0.3, -0.25) is 4.68 Å². The molecule has 0 fully saturated rings. The minimum Gasteiger partial charge on any atom is -0.311 e. The van der Waals surface area contributed by atoms with Crippen LogP contribution in [0.3, 0.4) is 0 Å². The fourth-order valence-electron chi connectivity index (χ4n) is 2.17. The zero-order valence-electron chi connectivity index (χ0n) is 11.5. The van der Waals surface area contributed by atoms with E-state index in [0.29, 0.717) is 6.04 Å². The maximum Gasteiger partial charge on any atom is 0.0625 e. The second-order valence-electron chi connectivity index (χ2n) is 5.32. The molecule has 1 atom stereocenters. The highest BCUT2D eigenvalue weighted by atomic mass is 15.3. The molecular formula is C13H25N3. The molecule has 1 N–H and O–H groups in total. The van der Waals surface area contributed by atoms with Gasteiger partial charge in [-0.2, -0.15) is 5.10 Å². The highest BCUT2D eigenvalue weighted by Crippen LogP contribution is 2.32. The second kappa shape index (κ2) is 5.00. The first kappa shape index (κ1) is 13.2. The van der Waals surface area contributed by atoms with Crippen molar-refractivity contribution >= 4 is 0 Å². The van der Waals surface area contributed by atoms with Crippen LogP contribution in [0, 0.1) is 5.41 Å². The molecule has 0 saturated heterocycles. The predicted octanol–water partition coefficient (Wildman–Crippen LogP) is 2.77. The van der Waals surface area contributed by atoms with E-state index in [1.165, 1.54) is 11.4 Å². The number of nitrogens with zero attached hydrogens (tertiary/aromatic N) is 2. The first-order valence-corrected chi connectivity index (χ1v) is 6.17. The Bertz CT molecular complexity index is 333. The molecule has 0 aliphatic heterocycles. The third kappa shape index (κ3) is 2.64. The quantitative estimate of drug-likeness (QED) is 0.850. The molecule has 0 aliphatic carbocycles. The van der Waals surface area contributed by atoms with Gasteiger partial charge >= 0.3 is 0 Å². The summed E-state index contributed by atoms with van der Waals surface area (Å²) in [6.45, 7) is 12.0. The van der Waals surface area contributed by atoms with Crippen LogP contribution in [0.15, 0.2) is 6.07 Å². The van der Waals surface area contributed by atoms with Gasteiger partial charge in [-0.25, -0.2) is 0 Å². The van der Waals surface area contributed by atoms with E-state index >= 15 is 0 Å². The smallest absolute Gasteiger partial charge is 0.0625 e. The molecule has 92 valence electrons. The minimum absolute atomic E-state index is 0.201. The molecule has 3 heteroatoms. The molecule has 1 aromatic heterocycles. The Hall–Kier alpha value is -0.830. The fraction of sp³-hybridized carbons (Fsp3) is 0.769. The van der Waals surface area contributed by atoms with Crippen molar-refractivity contribution in [3.05, 3.63) is 17.5 Å². The van der Waals surface area contributed by atoms with Crippen molar-refractivity contribution in [3.8, 4) is 0 Å².